The molecule has 1 aromatic carbocycles. The summed E-state index contributed by atoms with van der Waals surface area (Å²) in [4.78, 5) is 15.9. The monoisotopic (exact) mass is 243 g/mol. The first-order chi connectivity index (χ1) is 8.58. The van der Waals surface area contributed by atoms with Crippen LogP contribution in [0, 0.1) is 6.92 Å². The van der Waals surface area contributed by atoms with Crippen LogP contribution in [0.5, 0.6) is 5.75 Å². The van der Waals surface area contributed by atoms with E-state index in [9.17, 15) is 9.90 Å². The molecule has 0 atom stereocenters. The number of aromatic nitrogens is 1. The maximum atomic E-state index is 11.9. The molecule has 92 valence electrons. The fourth-order valence-electron chi connectivity index (χ4n) is 1.53. The van der Waals surface area contributed by atoms with Crippen molar-refractivity contribution in [3.05, 3.63) is 47.7 Å². The van der Waals surface area contributed by atoms with Gasteiger partial charge in [0.2, 0.25) is 0 Å². The lowest BCUT2D eigenvalue weighted by atomic mass is 10.1. The average Bonchev–Trinajstić information content (AvgIpc) is 2.32. The maximum absolute atomic E-state index is 11.9. The minimum atomic E-state index is -0.446. The molecule has 1 amide bonds. The molecule has 0 fully saturated rings. The van der Waals surface area contributed by atoms with Crippen molar-refractivity contribution in [2.45, 2.75) is 6.92 Å². The van der Waals surface area contributed by atoms with E-state index in [1.165, 1.54) is 12.1 Å². The molecule has 0 saturated heterocycles. The molecule has 0 unspecified atom stereocenters. The van der Waals surface area contributed by atoms with Crippen molar-refractivity contribution in [3.8, 4) is 5.75 Å². The zero-order chi connectivity index (χ0) is 13.1. The predicted octanol–water partition coefficient (Wildman–Crippen LogP) is 1.93. The Morgan fingerprint density at radius 1 is 1.39 bits per heavy atom. The first-order valence-electron chi connectivity index (χ1n) is 5.39. The van der Waals surface area contributed by atoms with E-state index in [0.717, 1.165) is 5.56 Å². The van der Waals surface area contributed by atoms with Gasteiger partial charge in [-0.25, -0.2) is 4.98 Å². The summed E-state index contributed by atoms with van der Waals surface area (Å²) in [5.74, 6) is -0.234. The van der Waals surface area contributed by atoms with E-state index in [1.807, 2.05) is 13.0 Å². The smallest absolute Gasteiger partial charge is 0.260 e. The summed E-state index contributed by atoms with van der Waals surface area (Å²) in [6.45, 7) is 1.90. The quantitative estimate of drug-likeness (QED) is 0.555. The lowest BCUT2D eigenvalue weighted by Crippen LogP contribution is -2.13. The van der Waals surface area contributed by atoms with Gasteiger partial charge in [-0.2, -0.15) is 0 Å². The Morgan fingerprint density at radius 2 is 2.17 bits per heavy atom. The predicted molar refractivity (Wildman–Crippen MR) is 69.4 cm³/mol. The molecule has 0 radical (unpaired) electrons. The van der Waals surface area contributed by atoms with E-state index in [2.05, 4.69) is 10.3 Å². The highest BCUT2D eigenvalue weighted by Crippen LogP contribution is 2.24. The van der Waals surface area contributed by atoms with Gasteiger partial charge in [-0.15, -0.1) is 0 Å². The van der Waals surface area contributed by atoms with E-state index in [4.69, 9.17) is 5.73 Å². The second kappa shape index (κ2) is 4.75. The third kappa shape index (κ3) is 2.40. The van der Waals surface area contributed by atoms with Crippen LogP contribution in [0.15, 0.2) is 36.5 Å². The summed E-state index contributed by atoms with van der Waals surface area (Å²) >= 11 is 0. The number of nitrogens with two attached hydrogens (primary N) is 1. The van der Waals surface area contributed by atoms with Crippen molar-refractivity contribution in [2.24, 2.45) is 0 Å². The number of carbonyl (C=O) groups excluding carboxylic acids is 1. The molecule has 0 aliphatic heterocycles. The lowest BCUT2D eigenvalue weighted by Gasteiger charge is -2.07. The van der Waals surface area contributed by atoms with Crippen LogP contribution in [0.3, 0.4) is 0 Å². The minimum Gasteiger partial charge on any atom is -0.505 e. The Balaban J connectivity index is 2.25. The number of amides is 1. The van der Waals surface area contributed by atoms with Crippen LogP contribution in [0.1, 0.15) is 15.9 Å². The standard InChI is InChI=1S/C13H13N3O2/c1-8-5-6-15-11(7-8)16-13(18)9-3-2-4-10(14)12(9)17/h2-7,17H,14H2,1H3,(H,15,16,18). The molecular weight excluding hydrogens is 230 g/mol. The molecule has 4 N–H and O–H groups in total. The highest BCUT2D eigenvalue weighted by molar-refractivity contribution is 6.06. The number of hydrogen-bond acceptors (Lipinski definition) is 4. The maximum Gasteiger partial charge on any atom is 0.260 e. The first-order valence-corrected chi connectivity index (χ1v) is 5.39. The number of anilines is 2. The Kier molecular flexibility index (Phi) is 3.14. The number of aryl methyl sites for hydroxylation is 1. The summed E-state index contributed by atoms with van der Waals surface area (Å²) < 4.78 is 0. The number of phenols is 1. The van der Waals surface area contributed by atoms with Crippen LogP contribution in [-0.4, -0.2) is 16.0 Å². The normalized spacial score (nSPS) is 10.1. The zero-order valence-corrected chi connectivity index (χ0v) is 9.84. The summed E-state index contributed by atoms with van der Waals surface area (Å²) in [5.41, 5.74) is 6.80. The third-order valence-corrected chi connectivity index (χ3v) is 2.47. The molecule has 0 aliphatic carbocycles. The molecule has 2 rings (SSSR count). The lowest BCUT2D eigenvalue weighted by molar-refractivity contribution is 0.102. The molecule has 18 heavy (non-hydrogen) atoms. The highest BCUT2D eigenvalue weighted by atomic mass is 16.3. The third-order valence-electron chi connectivity index (χ3n) is 2.47. The molecular formula is C13H13N3O2. The SMILES string of the molecule is Cc1ccnc(NC(=O)c2cccc(N)c2O)c1. The number of benzene rings is 1. The second-order valence-corrected chi connectivity index (χ2v) is 3.92. The Morgan fingerprint density at radius 3 is 2.89 bits per heavy atom. The van der Waals surface area contributed by atoms with Crippen molar-refractivity contribution in [2.75, 3.05) is 11.1 Å². The number of nitrogens with one attached hydrogen (secondary N) is 1. The highest BCUT2D eigenvalue weighted by Gasteiger charge is 2.13. The van der Waals surface area contributed by atoms with Gasteiger partial charge in [-0.3, -0.25) is 4.79 Å². The number of para-hydroxylation sites is 1. The van der Waals surface area contributed by atoms with Gasteiger partial charge in [0, 0.05) is 6.20 Å². The van der Waals surface area contributed by atoms with Crippen LogP contribution < -0.4 is 11.1 Å². The Hall–Kier alpha value is -2.56. The number of nitrogens with zero attached hydrogens (tertiary/aromatic N) is 1. The van der Waals surface area contributed by atoms with Gasteiger partial charge in [0.1, 0.15) is 5.82 Å². The molecule has 1 heterocycles. The molecule has 0 aliphatic rings. The summed E-state index contributed by atoms with van der Waals surface area (Å²) in [7, 11) is 0. The van der Waals surface area contributed by atoms with Gasteiger partial charge >= 0.3 is 0 Å². The van der Waals surface area contributed by atoms with Crippen molar-refractivity contribution in [3.63, 3.8) is 0 Å². The number of rotatable bonds is 2. The zero-order valence-electron chi connectivity index (χ0n) is 9.84. The largest absolute Gasteiger partial charge is 0.505 e. The van der Waals surface area contributed by atoms with Crippen LogP contribution in [0.2, 0.25) is 0 Å². The molecule has 0 spiro atoms. The summed E-state index contributed by atoms with van der Waals surface area (Å²) in [5, 5.41) is 12.3. The van der Waals surface area contributed by atoms with Crippen molar-refractivity contribution >= 4 is 17.4 Å². The van der Waals surface area contributed by atoms with Gasteiger partial charge in [-0.05, 0) is 36.8 Å². The minimum absolute atomic E-state index is 0.123. The Labute approximate surface area is 104 Å². The molecule has 0 saturated carbocycles. The van der Waals surface area contributed by atoms with Crippen molar-refractivity contribution in [1.82, 2.24) is 4.98 Å². The average molecular weight is 243 g/mol. The number of pyridine rings is 1. The van der Waals surface area contributed by atoms with Gasteiger partial charge in [0.05, 0.1) is 11.3 Å². The van der Waals surface area contributed by atoms with E-state index < -0.39 is 5.91 Å². The molecule has 0 bridgehead atoms. The number of carbonyl (C=O) groups is 1. The number of hydrogen-bond donors (Lipinski definition) is 3. The first kappa shape index (κ1) is 11.9. The van der Waals surface area contributed by atoms with Crippen LogP contribution in [0.25, 0.3) is 0 Å². The molecule has 5 nitrogen and oxygen atoms in total. The summed E-state index contributed by atoms with van der Waals surface area (Å²) in [6.07, 6.45) is 1.60. The van der Waals surface area contributed by atoms with Gasteiger partial charge < -0.3 is 16.2 Å². The fourth-order valence-corrected chi connectivity index (χ4v) is 1.53. The molecule has 5 heteroatoms. The van der Waals surface area contributed by atoms with E-state index >= 15 is 0 Å². The Bertz CT molecular complexity index is 597. The van der Waals surface area contributed by atoms with Gasteiger partial charge in [-0.1, -0.05) is 6.07 Å². The van der Waals surface area contributed by atoms with Crippen LogP contribution >= 0.6 is 0 Å². The topological polar surface area (TPSA) is 88.2 Å². The van der Waals surface area contributed by atoms with Crippen LogP contribution in [0.4, 0.5) is 11.5 Å². The van der Waals surface area contributed by atoms with Crippen molar-refractivity contribution in [1.29, 1.82) is 0 Å². The van der Waals surface area contributed by atoms with Gasteiger partial charge in [0.15, 0.2) is 5.75 Å². The molecule has 2 aromatic rings. The summed E-state index contributed by atoms with van der Waals surface area (Å²) in [6, 6.07) is 8.19. The van der Waals surface area contributed by atoms with E-state index in [1.54, 1.807) is 18.3 Å². The van der Waals surface area contributed by atoms with Crippen LogP contribution in [-0.2, 0) is 0 Å². The molecule has 1 aromatic heterocycles. The van der Waals surface area contributed by atoms with E-state index in [0.29, 0.717) is 5.82 Å². The van der Waals surface area contributed by atoms with E-state index in [-0.39, 0.29) is 17.0 Å². The van der Waals surface area contributed by atoms with Crippen molar-refractivity contribution < 1.29 is 9.90 Å². The second-order valence-electron chi connectivity index (χ2n) is 3.92. The van der Waals surface area contributed by atoms with Gasteiger partial charge in [0.25, 0.3) is 5.91 Å². The number of aromatic hydroxyl groups is 1. The number of nitrogen functional groups attached to an aromatic ring is 1. The fraction of sp³-hybridized carbons (Fsp3) is 0.0769. The number of phenolic OH excluding ortho intramolecular Hbond substituents is 1.